The zero-order valence-corrected chi connectivity index (χ0v) is 16.2. The van der Waals surface area contributed by atoms with Gasteiger partial charge in [-0.05, 0) is 26.0 Å². The average molecular weight is 419 g/mol. The second-order valence-electron chi connectivity index (χ2n) is 6.48. The predicted octanol–water partition coefficient (Wildman–Crippen LogP) is 2.74. The van der Waals surface area contributed by atoms with Crippen LogP contribution in [0.4, 0.5) is 14.5 Å². The molecule has 0 saturated heterocycles. The van der Waals surface area contributed by atoms with Gasteiger partial charge < -0.3 is 15.2 Å². The van der Waals surface area contributed by atoms with E-state index in [1.54, 1.807) is 13.8 Å². The minimum absolute atomic E-state index is 0.109. The highest BCUT2D eigenvalue weighted by atomic mass is 19.1. The second kappa shape index (κ2) is 8.72. The van der Waals surface area contributed by atoms with Crippen LogP contribution in [-0.2, 0) is 18.1 Å². The zero-order valence-electron chi connectivity index (χ0n) is 16.2. The molecule has 0 aliphatic carbocycles. The molecule has 2 N–H and O–H groups in total. The van der Waals surface area contributed by atoms with E-state index < -0.39 is 23.5 Å². The lowest BCUT2D eigenvalue weighted by atomic mass is 10.2. The minimum Gasteiger partial charge on any atom is -0.481 e. The Balaban J connectivity index is 1.67. The van der Waals surface area contributed by atoms with Crippen LogP contribution < -0.4 is 10.1 Å². The second-order valence-corrected chi connectivity index (χ2v) is 6.48. The van der Waals surface area contributed by atoms with Gasteiger partial charge in [0.2, 0.25) is 0 Å². The number of hydrogen-bond donors (Lipinski definition) is 2. The summed E-state index contributed by atoms with van der Waals surface area (Å²) in [5, 5.41) is 19.7. The number of rotatable bonds is 8. The lowest BCUT2D eigenvalue weighted by molar-refractivity contribution is -0.137. The predicted molar refractivity (Wildman–Crippen MR) is 101 cm³/mol. The van der Waals surface area contributed by atoms with Gasteiger partial charge in [0.25, 0.3) is 5.91 Å². The molecule has 0 saturated carbocycles. The van der Waals surface area contributed by atoms with Gasteiger partial charge in [0.15, 0.2) is 18.3 Å². The van der Waals surface area contributed by atoms with E-state index in [9.17, 15) is 18.4 Å². The van der Waals surface area contributed by atoms with Crippen molar-refractivity contribution in [1.82, 2.24) is 19.6 Å². The number of ether oxygens (including phenoxy) is 1. The Bertz CT molecular complexity index is 1090. The van der Waals surface area contributed by atoms with Crippen LogP contribution in [0.25, 0.3) is 0 Å². The maximum atomic E-state index is 13.7. The van der Waals surface area contributed by atoms with Crippen molar-refractivity contribution in [1.29, 1.82) is 0 Å². The molecule has 0 radical (unpaired) electrons. The largest absolute Gasteiger partial charge is 0.481 e. The van der Waals surface area contributed by atoms with E-state index in [-0.39, 0.29) is 31.0 Å². The number of carbonyl (C=O) groups is 2. The summed E-state index contributed by atoms with van der Waals surface area (Å²) >= 11 is 0. The van der Waals surface area contributed by atoms with Crippen molar-refractivity contribution in [2.24, 2.45) is 0 Å². The highest BCUT2D eigenvalue weighted by Crippen LogP contribution is 2.22. The molecule has 11 heteroatoms. The van der Waals surface area contributed by atoms with E-state index in [2.05, 4.69) is 15.5 Å². The summed E-state index contributed by atoms with van der Waals surface area (Å²) < 4.78 is 34.9. The molecular weight excluding hydrogens is 400 g/mol. The van der Waals surface area contributed by atoms with Gasteiger partial charge in [-0.3, -0.25) is 14.3 Å². The molecule has 0 fully saturated rings. The number of aliphatic carboxylic acids is 1. The summed E-state index contributed by atoms with van der Waals surface area (Å²) in [7, 11) is 0. The first kappa shape index (κ1) is 21.0. The SMILES string of the molecule is Cc1nn(COc2ccc(F)cc2F)c(C)c1NC(=O)c1cnn(CCC(=O)O)c1. The third kappa shape index (κ3) is 4.80. The average Bonchev–Trinajstić information content (AvgIpc) is 3.26. The smallest absolute Gasteiger partial charge is 0.305 e. The van der Waals surface area contributed by atoms with E-state index in [1.807, 2.05) is 0 Å². The third-order valence-corrected chi connectivity index (χ3v) is 4.31. The number of halogens is 2. The fourth-order valence-electron chi connectivity index (χ4n) is 2.73. The monoisotopic (exact) mass is 419 g/mol. The van der Waals surface area contributed by atoms with E-state index >= 15 is 0 Å². The number of benzene rings is 1. The van der Waals surface area contributed by atoms with Crippen LogP contribution in [-0.4, -0.2) is 36.5 Å². The van der Waals surface area contributed by atoms with Crippen molar-refractivity contribution in [2.45, 2.75) is 33.5 Å². The molecule has 1 amide bonds. The molecule has 0 spiro atoms. The Labute approximate surface area is 169 Å². The van der Waals surface area contributed by atoms with Crippen LogP contribution in [0, 0.1) is 25.5 Å². The molecule has 0 atom stereocenters. The molecule has 1 aromatic carbocycles. The highest BCUT2D eigenvalue weighted by molar-refractivity contribution is 6.04. The van der Waals surface area contributed by atoms with Crippen molar-refractivity contribution < 1.29 is 28.2 Å². The fourth-order valence-corrected chi connectivity index (χ4v) is 2.73. The van der Waals surface area contributed by atoms with Gasteiger partial charge in [0, 0.05) is 12.3 Å². The summed E-state index contributed by atoms with van der Waals surface area (Å²) in [6.45, 7) is 3.40. The molecule has 3 aromatic rings. The Kier molecular flexibility index (Phi) is 6.09. The lowest BCUT2D eigenvalue weighted by Gasteiger charge is -2.09. The molecule has 0 unspecified atom stereocenters. The quantitative estimate of drug-likeness (QED) is 0.581. The number of nitrogens with one attached hydrogen (secondary N) is 1. The number of carboxylic acids is 1. The third-order valence-electron chi connectivity index (χ3n) is 4.31. The van der Waals surface area contributed by atoms with Crippen molar-refractivity contribution in [3.63, 3.8) is 0 Å². The Morgan fingerprint density at radius 3 is 2.73 bits per heavy atom. The molecule has 0 bridgehead atoms. The maximum absolute atomic E-state index is 13.7. The van der Waals surface area contributed by atoms with Crippen LogP contribution in [0.2, 0.25) is 0 Å². The minimum atomic E-state index is -0.960. The Morgan fingerprint density at radius 2 is 2.03 bits per heavy atom. The fraction of sp³-hybridized carbons (Fsp3) is 0.263. The molecule has 0 aliphatic heterocycles. The molecule has 2 aromatic heterocycles. The van der Waals surface area contributed by atoms with Gasteiger partial charge in [-0.2, -0.15) is 10.2 Å². The first-order valence-corrected chi connectivity index (χ1v) is 8.92. The Morgan fingerprint density at radius 1 is 1.27 bits per heavy atom. The van der Waals surface area contributed by atoms with E-state index in [0.29, 0.717) is 17.1 Å². The first-order chi connectivity index (χ1) is 14.2. The normalized spacial score (nSPS) is 10.8. The Hall–Kier alpha value is -3.76. The number of carbonyl (C=O) groups excluding carboxylic acids is 1. The summed E-state index contributed by atoms with van der Waals surface area (Å²) in [5.74, 6) is -3.05. The van der Waals surface area contributed by atoms with Crippen molar-refractivity contribution >= 4 is 17.6 Å². The zero-order chi connectivity index (χ0) is 21.8. The number of nitrogens with zero attached hydrogens (tertiary/aromatic N) is 4. The highest BCUT2D eigenvalue weighted by Gasteiger charge is 2.17. The molecule has 9 nitrogen and oxygen atoms in total. The van der Waals surface area contributed by atoms with Crippen molar-refractivity contribution in [3.8, 4) is 5.75 Å². The van der Waals surface area contributed by atoms with Gasteiger partial charge in [0.05, 0.1) is 41.8 Å². The number of anilines is 1. The lowest BCUT2D eigenvalue weighted by Crippen LogP contribution is -2.13. The number of aromatic nitrogens is 4. The molecule has 158 valence electrons. The van der Waals surface area contributed by atoms with E-state index in [0.717, 1.165) is 12.1 Å². The molecule has 0 aliphatic rings. The molecule has 2 heterocycles. The summed E-state index contributed by atoms with van der Waals surface area (Å²) in [5.41, 5.74) is 1.81. The van der Waals surface area contributed by atoms with Crippen molar-refractivity contribution in [2.75, 3.05) is 5.32 Å². The standard InChI is InChI=1S/C19H19F2N5O4/c1-11-18(23-19(29)13-8-22-25(9-13)6-5-17(27)28)12(2)26(24-11)10-30-16-4-3-14(20)7-15(16)21/h3-4,7-9H,5-6,10H2,1-2H3,(H,23,29)(H,27,28). The maximum Gasteiger partial charge on any atom is 0.305 e. The van der Waals surface area contributed by atoms with Gasteiger partial charge in [-0.15, -0.1) is 0 Å². The van der Waals surface area contributed by atoms with Gasteiger partial charge in [0.1, 0.15) is 5.82 Å². The number of amides is 1. The van der Waals surface area contributed by atoms with Crippen molar-refractivity contribution in [3.05, 3.63) is 59.2 Å². The molecular formula is C19H19F2N5O4. The first-order valence-electron chi connectivity index (χ1n) is 8.92. The number of hydrogen-bond acceptors (Lipinski definition) is 5. The summed E-state index contributed by atoms with van der Waals surface area (Å²) in [6.07, 6.45) is 2.68. The summed E-state index contributed by atoms with van der Waals surface area (Å²) in [4.78, 5) is 23.1. The van der Waals surface area contributed by atoms with Gasteiger partial charge in [-0.1, -0.05) is 0 Å². The topological polar surface area (TPSA) is 111 Å². The van der Waals surface area contributed by atoms with E-state index in [4.69, 9.17) is 9.84 Å². The van der Waals surface area contributed by atoms with E-state index in [1.165, 1.54) is 27.8 Å². The summed E-state index contributed by atoms with van der Waals surface area (Å²) in [6, 6.07) is 2.99. The van der Waals surface area contributed by atoms with Gasteiger partial charge >= 0.3 is 5.97 Å². The molecule has 3 rings (SSSR count). The van der Waals surface area contributed by atoms with Crippen LogP contribution >= 0.6 is 0 Å². The van der Waals surface area contributed by atoms with Crippen LogP contribution in [0.3, 0.4) is 0 Å². The van der Waals surface area contributed by atoms with Crippen LogP contribution in [0.5, 0.6) is 5.75 Å². The molecule has 30 heavy (non-hydrogen) atoms. The number of aryl methyl sites for hydroxylation is 2. The van der Waals surface area contributed by atoms with Crippen LogP contribution in [0.15, 0.2) is 30.6 Å². The number of carboxylic acid groups (broad SMARTS) is 1. The van der Waals surface area contributed by atoms with Gasteiger partial charge in [-0.25, -0.2) is 13.5 Å². The van der Waals surface area contributed by atoms with Crippen LogP contribution in [0.1, 0.15) is 28.2 Å².